The number of urea groups is 1. The molecule has 0 aliphatic carbocycles. The van der Waals surface area contributed by atoms with Gasteiger partial charge in [-0.25, -0.2) is 10.6 Å². The minimum Gasteiger partial charge on any atom is -0.351 e. The number of carbonyl (C=O) groups excluding carboxylic acids is 3. The van der Waals surface area contributed by atoms with Gasteiger partial charge in [0, 0.05) is 39.0 Å². The van der Waals surface area contributed by atoms with E-state index >= 15 is 0 Å². The van der Waals surface area contributed by atoms with E-state index in [2.05, 4.69) is 0 Å². The summed E-state index contributed by atoms with van der Waals surface area (Å²) in [6.07, 6.45) is 1.02. The first-order valence-corrected chi connectivity index (χ1v) is 5.86. The first-order valence-electron chi connectivity index (χ1n) is 5.86. The molecule has 0 aromatic rings. The third kappa shape index (κ3) is 4.21. The molecule has 0 aromatic heterocycles. The molecular weight excluding hydrogens is 238 g/mol. The molecule has 4 amide bonds. The molecule has 1 saturated heterocycles. The third-order valence-corrected chi connectivity index (χ3v) is 2.90. The van der Waals surface area contributed by atoms with Gasteiger partial charge in [0.1, 0.15) is 0 Å². The molecule has 0 unspecified atom stereocenters. The molecule has 0 atom stereocenters. The van der Waals surface area contributed by atoms with Gasteiger partial charge in [-0.1, -0.05) is 0 Å². The molecule has 0 radical (unpaired) electrons. The van der Waals surface area contributed by atoms with Crippen LogP contribution in [0.15, 0.2) is 0 Å². The number of piperazine rings is 1. The van der Waals surface area contributed by atoms with Crippen LogP contribution in [0.5, 0.6) is 0 Å². The van der Waals surface area contributed by atoms with Crippen molar-refractivity contribution in [3.63, 3.8) is 0 Å². The van der Waals surface area contributed by atoms with Crippen molar-refractivity contribution >= 4 is 17.8 Å². The first kappa shape index (κ1) is 14.2. The van der Waals surface area contributed by atoms with E-state index in [1.54, 1.807) is 4.90 Å². The number of amides is 4. The highest BCUT2D eigenvalue weighted by atomic mass is 16.2. The lowest BCUT2D eigenvalue weighted by Gasteiger charge is -2.33. The molecule has 8 nitrogen and oxygen atoms in total. The van der Waals surface area contributed by atoms with E-state index in [9.17, 15) is 14.4 Å². The highest BCUT2D eigenvalue weighted by molar-refractivity contribution is 5.79. The molecule has 1 aliphatic rings. The van der Waals surface area contributed by atoms with E-state index in [0.717, 1.165) is 0 Å². The lowest BCUT2D eigenvalue weighted by molar-refractivity contribution is -0.132. The Kier molecular flexibility index (Phi) is 5.37. The maximum atomic E-state index is 11.8. The number of hydrogen-bond acceptors (Lipinski definition) is 4. The average Bonchev–Trinajstić information content (AvgIpc) is 2.38. The first-order chi connectivity index (χ1) is 8.54. The normalized spacial score (nSPS) is 15.4. The fourth-order valence-corrected chi connectivity index (χ4v) is 1.81. The maximum Gasteiger partial charge on any atom is 0.314 e. The van der Waals surface area contributed by atoms with Crippen molar-refractivity contribution in [2.45, 2.75) is 19.3 Å². The summed E-state index contributed by atoms with van der Waals surface area (Å²) in [5.41, 5.74) is 7.16. The standard InChI is InChI=1S/C10H19N5O3/c11-10(18)15-6-4-14(5-7-15)9(17)3-1-2-8(16)13-12/h1-7,12H2,(H2,11,18)(H,13,16). The van der Waals surface area contributed by atoms with E-state index < -0.39 is 6.03 Å². The van der Waals surface area contributed by atoms with E-state index in [0.29, 0.717) is 39.0 Å². The second-order valence-electron chi connectivity index (χ2n) is 4.13. The summed E-state index contributed by atoms with van der Waals surface area (Å²) in [7, 11) is 0. The second-order valence-corrected chi connectivity index (χ2v) is 4.13. The van der Waals surface area contributed by atoms with Gasteiger partial charge in [-0.3, -0.25) is 15.0 Å². The van der Waals surface area contributed by atoms with Crippen LogP contribution in [-0.2, 0) is 9.59 Å². The second kappa shape index (κ2) is 6.80. The zero-order valence-corrected chi connectivity index (χ0v) is 10.2. The molecule has 102 valence electrons. The Morgan fingerprint density at radius 2 is 1.56 bits per heavy atom. The fourth-order valence-electron chi connectivity index (χ4n) is 1.81. The molecule has 0 bridgehead atoms. The van der Waals surface area contributed by atoms with Gasteiger partial charge in [-0.2, -0.15) is 0 Å². The van der Waals surface area contributed by atoms with Crippen LogP contribution in [0.2, 0.25) is 0 Å². The lowest BCUT2D eigenvalue weighted by atomic mass is 10.2. The quantitative estimate of drug-likeness (QED) is 0.318. The molecule has 1 aliphatic heterocycles. The Hall–Kier alpha value is -1.83. The number of nitrogens with one attached hydrogen (secondary N) is 1. The van der Waals surface area contributed by atoms with Gasteiger partial charge in [0.25, 0.3) is 0 Å². The Bertz CT molecular complexity index is 325. The topological polar surface area (TPSA) is 122 Å². The molecule has 8 heteroatoms. The van der Waals surface area contributed by atoms with Crippen LogP contribution in [0.1, 0.15) is 19.3 Å². The van der Waals surface area contributed by atoms with Crippen LogP contribution in [0.4, 0.5) is 4.79 Å². The van der Waals surface area contributed by atoms with Crippen molar-refractivity contribution in [3.05, 3.63) is 0 Å². The maximum absolute atomic E-state index is 11.8. The number of carbonyl (C=O) groups is 3. The summed E-state index contributed by atoms with van der Waals surface area (Å²) in [5.74, 6) is 4.64. The number of nitrogens with zero attached hydrogens (tertiary/aromatic N) is 2. The van der Waals surface area contributed by atoms with Gasteiger partial charge in [0.15, 0.2) is 0 Å². The van der Waals surface area contributed by atoms with Gasteiger partial charge >= 0.3 is 6.03 Å². The van der Waals surface area contributed by atoms with Crippen LogP contribution in [-0.4, -0.2) is 53.8 Å². The number of rotatable bonds is 4. The SMILES string of the molecule is NNC(=O)CCCC(=O)N1CCN(C(N)=O)CC1. The molecule has 0 aromatic carbocycles. The molecule has 5 N–H and O–H groups in total. The molecule has 0 spiro atoms. The highest BCUT2D eigenvalue weighted by Crippen LogP contribution is 2.06. The third-order valence-electron chi connectivity index (χ3n) is 2.90. The summed E-state index contributed by atoms with van der Waals surface area (Å²) in [6, 6.07) is -0.457. The summed E-state index contributed by atoms with van der Waals surface area (Å²) in [6.45, 7) is 1.91. The largest absolute Gasteiger partial charge is 0.351 e. The lowest BCUT2D eigenvalue weighted by Crippen LogP contribution is -2.52. The molecule has 1 fully saturated rings. The zero-order chi connectivity index (χ0) is 13.5. The summed E-state index contributed by atoms with van der Waals surface area (Å²) in [4.78, 5) is 36.7. The Labute approximate surface area is 105 Å². The Morgan fingerprint density at radius 1 is 1.00 bits per heavy atom. The van der Waals surface area contributed by atoms with Crippen molar-refractivity contribution in [3.8, 4) is 0 Å². The van der Waals surface area contributed by atoms with Crippen molar-refractivity contribution in [1.82, 2.24) is 15.2 Å². The van der Waals surface area contributed by atoms with E-state index in [-0.39, 0.29) is 18.2 Å². The summed E-state index contributed by atoms with van der Waals surface area (Å²) in [5, 5.41) is 0. The van der Waals surface area contributed by atoms with E-state index in [1.165, 1.54) is 4.90 Å². The number of nitrogens with two attached hydrogens (primary N) is 2. The van der Waals surface area contributed by atoms with E-state index in [1.807, 2.05) is 5.43 Å². The zero-order valence-electron chi connectivity index (χ0n) is 10.2. The molecule has 0 saturated carbocycles. The van der Waals surface area contributed by atoms with Crippen molar-refractivity contribution in [2.24, 2.45) is 11.6 Å². The highest BCUT2D eigenvalue weighted by Gasteiger charge is 2.22. The molecule has 1 rings (SSSR count). The van der Waals surface area contributed by atoms with Crippen molar-refractivity contribution < 1.29 is 14.4 Å². The molecule has 1 heterocycles. The summed E-state index contributed by atoms with van der Waals surface area (Å²) < 4.78 is 0. The molecule has 18 heavy (non-hydrogen) atoms. The van der Waals surface area contributed by atoms with Gasteiger partial charge in [-0.05, 0) is 6.42 Å². The predicted octanol–water partition coefficient (Wildman–Crippen LogP) is -1.63. The number of hydrazine groups is 1. The van der Waals surface area contributed by atoms with Crippen LogP contribution in [0.3, 0.4) is 0 Å². The predicted molar refractivity (Wildman–Crippen MR) is 63.9 cm³/mol. The van der Waals surface area contributed by atoms with Crippen LogP contribution in [0.25, 0.3) is 0 Å². The van der Waals surface area contributed by atoms with Gasteiger partial charge in [0.2, 0.25) is 11.8 Å². The van der Waals surface area contributed by atoms with E-state index in [4.69, 9.17) is 11.6 Å². The minimum absolute atomic E-state index is 0.0102. The molecular formula is C10H19N5O3. The van der Waals surface area contributed by atoms with Crippen LogP contribution >= 0.6 is 0 Å². The summed E-state index contributed by atoms with van der Waals surface area (Å²) >= 11 is 0. The van der Waals surface area contributed by atoms with Crippen LogP contribution in [0, 0.1) is 0 Å². The number of hydrogen-bond donors (Lipinski definition) is 3. The fraction of sp³-hybridized carbons (Fsp3) is 0.700. The Balaban J connectivity index is 2.24. The van der Waals surface area contributed by atoms with Gasteiger partial charge < -0.3 is 15.5 Å². The smallest absolute Gasteiger partial charge is 0.314 e. The van der Waals surface area contributed by atoms with Crippen molar-refractivity contribution in [2.75, 3.05) is 26.2 Å². The Morgan fingerprint density at radius 3 is 2.06 bits per heavy atom. The van der Waals surface area contributed by atoms with Crippen LogP contribution < -0.4 is 17.0 Å². The number of primary amides is 1. The van der Waals surface area contributed by atoms with Crippen molar-refractivity contribution in [1.29, 1.82) is 0 Å². The van der Waals surface area contributed by atoms with Gasteiger partial charge in [0.05, 0.1) is 0 Å². The average molecular weight is 257 g/mol. The monoisotopic (exact) mass is 257 g/mol. The minimum atomic E-state index is -0.457. The van der Waals surface area contributed by atoms with Gasteiger partial charge in [-0.15, -0.1) is 0 Å².